The van der Waals surface area contributed by atoms with E-state index in [0.717, 1.165) is 61.5 Å². The first-order valence-corrected chi connectivity index (χ1v) is 23.0. The molecule has 0 N–H and O–H groups in total. The van der Waals surface area contributed by atoms with Crippen molar-refractivity contribution in [2.24, 2.45) is 0 Å². The number of hydrogen-bond acceptors (Lipinski definition) is 6. The van der Waals surface area contributed by atoms with Crippen molar-refractivity contribution in [1.29, 1.82) is 0 Å². The Labute approximate surface area is 394 Å². The highest BCUT2D eigenvalue weighted by atomic mass is 15.0. The van der Waals surface area contributed by atoms with Gasteiger partial charge >= 0.3 is 0 Å². The Balaban J connectivity index is 0.851. The van der Waals surface area contributed by atoms with E-state index in [1.165, 1.54) is 38.9 Å². The fraction of sp³-hybridized carbons (Fsp3) is 0.0323. The number of rotatable bonds is 8. The van der Waals surface area contributed by atoms with Crippen LogP contribution in [0.15, 0.2) is 231 Å². The monoisotopic (exact) mass is 868 g/mol. The minimum atomic E-state index is 0.0823. The smallest absolute Gasteiger partial charge is 0.164 e. The van der Waals surface area contributed by atoms with Crippen LogP contribution >= 0.6 is 0 Å². The molecule has 0 aliphatic heterocycles. The van der Waals surface area contributed by atoms with Crippen LogP contribution < -0.4 is 0 Å². The van der Waals surface area contributed by atoms with E-state index in [1.807, 2.05) is 66.9 Å². The van der Waals surface area contributed by atoms with Crippen molar-refractivity contribution in [2.75, 3.05) is 0 Å². The molecule has 0 amide bonds. The number of hydrogen-bond donors (Lipinski definition) is 0. The second-order valence-electron chi connectivity index (χ2n) is 17.4. The standard InChI is InChI=1S/C62H40N6/c1-4-13-43(14-5-1)59-64-55(37-56(65-59)42-28-24-40(25-29-42)48-19-12-34-63-38-48)41-26-22-39(23-27-41)46-30-32-51-53(35-46)57-49-20-10-11-21-50(49)58(51)54-36-47(31-33-52(54)57)62-67-60(44-15-6-2-7-16-44)66-61(68-62)45-17-8-3-9-18-45/h1-38,57-58H. The van der Waals surface area contributed by atoms with Gasteiger partial charge in [-0.15, -0.1) is 0 Å². The molecular weight excluding hydrogens is 829 g/mol. The Kier molecular flexibility index (Phi) is 9.53. The van der Waals surface area contributed by atoms with Gasteiger partial charge in [-0.3, -0.25) is 4.98 Å². The van der Waals surface area contributed by atoms with Crippen LogP contribution in [0.5, 0.6) is 0 Å². The van der Waals surface area contributed by atoms with Gasteiger partial charge in [-0.1, -0.05) is 194 Å². The van der Waals surface area contributed by atoms with Crippen molar-refractivity contribution < 1.29 is 0 Å². The van der Waals surface area contributed by atoms with E-state index in [9.17, 15) is 0 Å². The van der Waals surface area contributed by atoms with Crippen LogP contribution in [0.25, 0.3) is 90.3 Å². The second kappa shape index (κ2) is 16.5. The molecule has 8 aromatic carbocycles. The Hall–Kier alpha value is -9.00. The summed E-state index contributed by atoms with van der Waals surface area (Å²) in [5.41, 5.74) is 20.3. The highest BCUT2D eigenvalue weighted by Gasteiger charge is 2.41. The van der Waals surface area contributed by atoms with E-state index in [1.54, 1.807) is 6.20 Å². The normalized spacial score (nSPS) is 14.2. The molecule has 0 saturated carbocycles. The van der Waals surface area contributed by atoms with E-state index in [0.29, 0.717) is 23.3 Å². The maximum Gasteiger partial charge on any atom is 0.164 e. The number of pyridine rings is 1. The van der Waals surface area contributed by atoms with Gasteiger partial charge in [-0.25, -0.2) is 24.9 Å². The molecule has 0 fully saturated rings. The lowest BCUT2D eigenvalue weighted by Crippen LogP contribution is -2.27. The SMILES string of the molecule is c1ccc(-c2nc(-c3ccc(-c4cccnc4)cc3)cc(-c3ccc(-c4ccc5c(c4)C4c6ccccc6C5c5cc(-c6nc(-c7ccccc7)nc(-c7ccccc7)n6)ccc54)cc3)n2)cc1. The van der Waals surface area contributed by atoms with Crippen LogP contribution in [0.3, 0.4) is 0 Å². The van der Waals surface area contributed by atoms with Gasteiger partial charge in [0.1, 0.15) is 0 Å². The summed E-state index contributed by atoms with van der Waals surface area (Å²) in [6.45, 7) is 0. The van der Waals surface area contributed by atoms with Gasteiger partial charge in [-0.2, -0.15) is 0 Å². The molecule has 0 spiro atoms. The zero-order chi connectivity index (χ0) is 45.0. The van der Waals surface area contributed by atoms with Gasteiger partial charge in [0.25, 0.3) is 0 Å². The van der Waals surface area contributed by atoms with E-state index >= 15 is 0 Å². The Morgan fingerprint density at radius 2 is 0.603 bits per heavy atom. The summed E-state index contributed by atoms with van der Waals surface area (Å²) in [4.78, 5) is 29.6. The molecule has 318 valence electrons. The van der Waals surface area contributed by atoms with Crippen LogP contribution in [0.4, 0.5) is 0 Å². The molecule has 2 bridgehead atoms. The van der Waals surface area contributed by atoms with Crippen LogP contribution in [-0.2, 0) is 0 Å². The average Bonchev–Trinajstić information content (AvgIpc) is 3.43. The van der Waals surface area contributed by atoms with Crippen molar-refractivity contribution in [1.82, 2.24) is 29.9 Å². The molecule has 14 rings (SSSR count). The van der Waals surface area contributed by atoms with Crippen LogP contribution in [0, 0.1) is 0 Å². The van der Waals surface area contributed by atoms with Gasteiger partial charge in [-0.05, 0) is 79.9 Å². The number of aromatic nitrogens is 6. The van der Waals surface area contributed by atoms with Crippen LogP contribution in [-0.4, -0.2) is 29.9 Å². The van der Waals surface area contributed by atoms with Crippen molar-refractivity contribution in [3.63, 3.8) is 0 Å². The van der Waals surface area contributed by atoms with Crippen molar-refractivity contribution in [3.8, 4) is 90.3 Å². The molecule has 6 nitrogen and oxygen atoms in total. The predicted molar refractivity (Wildman–Crippen MR) is 271 cm³/mol. The van der Waals surface area contributed by atoms with Crippen LogP contribution in [0.2, 0.25) is 0 Å². The topological polar surface area (TPSA) is 77.3 Å². The van der Waals surface area contributed by atoms with Gasteiger partial charge in [0.2, 0.25) is 0 Å². The van der Waals surface area contributed by atoms with Gasteiger partial charge in [0.15, 0.2) is 23.3 Å². The molecule has 68 heavy (non-hydrogen) atoms. The average molecular weight is 869 g/mol. The van der Waals surface area contributed by atoms with Gasteiger partial charge < -0.3 is 0 Å². The van der Waals surface area contributed by atoms with E-state index in [4.69, 9.17) is 24.9 Å². The van der Waals surface area contributed by atoms with E-state index in [-0.39, 0.29) is 11.8 Å². The minimum Gasteiger partial charge on any atom is -0.264 e. The molecule has 3 heterocycles. The molecule has 3 aromatic heterocycles. The predicted octanol–water partition coefficient (Wildman–Crippen LogP) is 14.4. The van der Waals surface area contributed by atoms with Crippen molar-refractivity contribution >= 4 is 0 Å². The van der Waals surface area contributed by atoms with E-state index < -0.39 is 0 Å². The van der Waals surface area contributed by atoms with Gasteiger partial charge in [0.05, 0.1) is 11.4 Å². The van der Waals surface area contributed by atoms with Crippen LogP contribution in [0.1, 0.15) is 45.2 Å². The van der Waals surface area contributed by atoms with Gasteiger partial charge in [0, 0.05) is 57.6 Å². The molecule has 2 atom stereocenters. The summed E-state index contributed by atoms with van der Waals surface area (Å²) in [7, 11) is 0. The first-order chi connectivity index (χ1) is 33.7. The first kappa shape index (κ1) is 39.4. The van der Waals surface area contributed by atoms with Crippen molar-refractivity contribution in [3.05, 3.63) is 264 Å². The number of benzene rings is 8. The number of nitrogens with zero attached hydrogens (tertiary/aromatic N) is 6. The Morgan fingerprint density at radius 3 is 1.09 bits per heavy atom. The summed E-state index contributed by atoms with van der Waals surface area (Å²) in [6, 6.07) is 76.9. The molecule has 0 saturated heterocycles. The maximum atomic E-state index is 5.12. The largest absolute Gasteiger partial charge is 0.264 e. The highest BCUT2D eigenvalue weighted by molar-refractivity contribution is 5.79. The van der Waals surface area contributed by atoms with E-state index in [2.05, 4.69) is 163 Å². The third-order valence-electron chi connectivity index (χ3n) is 13.4. The molecule has 0 radical (unpaired) electrons. The lowest BCUT2D eigenvalue weighted by atomic mass is 9.60. The zero-order valence-corrected chi connectivity index (χ0v) is 36.8. The summed E-state index contributed by atoms with van der Waals surface area (Å²) in [5.74, 6) is 2.86. The first-order valence-electron chi connectivity index (χ1n) is 23.0. The Morgan fingerprint density at radius 1 is 0.235 bits per heavy atom. The second-order valence-corrected chi connectivity index (χ2v) is 17.4. The molecule has 11 aromatic rings. The zero-order valence-electron chi connectivity index (χ0n) is 36.8. The summed E-state index contributed by atoms with van der Waals surface area (Å²) in [6.07, 6.45) is 3.69. The summed E-state index contributed by atoms with van der Waals surface area (Å²) < 4.78 is 0. The minimum absolute atomic E-state index is 0.0823. The molecular formula is C62H40N6. The summed E-state index contributed by atoms with van der Waals surface area (Å²) in [5, 5.41) is 0. The molecule has 3 aliphatic rings. The molecule has 6 heteroatoms. The maximum absolute atomic E-state index is 5.12. The molecule has 3 aliphatic carbocycles. The highest BCUT2D eigenvalue weighted by Crippen LogP contribution is 2.56. The fourth-order valence-corrected chi connectivity index (χ4v) is 10.1. The summed E-state index contributed by atoms with van der Waals surface area (Å²) >= 11 is 0. The lowest BCUT2D eigenvalue weighted by molar-refractivity contribution is 0.755. The lowest BCUT2D eigenvalue weighted by Gasteiger charge is -2.42. The molecule has 2 unspecified atom stereocenters. The fourth-order valence-electron chi connectivity index (χ4n) is 10.1. The third-order valence-corrected chi connectivity index (χ3v) is 13.4. The van der Waals surface area contributed by atoms with Crippen molar-refractivity contribution in [2.45, 2.75) is 11.8 Å². The third kappa shape index (κ3) is 6.98. The Bertz CT molecular complexity index is 3600. The quantitative estimate of drug-likeness (QED) is 0.151.